The lowest BCUT2D eigenvalue weighted by atomic mass is 9.99. The second kappa shape index (κ2) is 44.5. The summed E-state index contributed by atoms with van der Waals surface area (Å²) in [7, 11) is 0. The molecule has 6 heteroatoms. The van der Waals surface area contributed by atoms with Crippen LogP contribution in [0.25, 0.3) is 0 Å². The Bertz CT molecular complexity index is 843. The van der Waals surface area contributed by atoms with E-state index in [1.807, 2.05) is 0 Å². The molecule has 0 aromatic rings. The van der Waals surface area contributed by atoms with Crippen molar-refractivity contribution in [2.45, 2.75) is 284 Å². The summed E-state index contributed by atoms with van der Waals surface area (Å²) in [6, 6.07) is 0. The standard InChI is InChI=1S/C50H96O6/c1-5-8-10-12-14-15-16-19-23-26-30-34-38-42-49(52)55-45-47(44-54-48(51)41-37-33-28-13-11-9-6-2)56-50(53)43-39-35-31-27-24-21-18-17-20-22-25-29-32-36-40-46(4)7-3/h46-47H,5-45H2,1-4H3/t46?,47-/m0/s1. The fourth-order valence-electron chi connectivity index (χ4n) is 7.48. The quantitative estimate of drug-likeness (QED) is 0.0347. The van der Waals surface area contributed by atoms with Crippen molar-refractivity contribution in [3.8, 4) is 0 Å². The van der Waals surface area contributed by atoms with E-state index in [1.165, 1.54) is 173 Å². The molecule has 0 radical (unpaired) electrons. The van der Waals surface area contributed by atoms with Gasteiger partial charge in [-0.05, 0) is 25.2 Å². The molecule has 0 aromatic carbocycles. The molecule has 0 heterocycles. The summed E-state index contributed by atoms with van der Waals surface area (Å²) in [6.45, 7) is 9.02. The van der Waals surface area contributed by atoms with Crippen LogP contribution in [0.1, 0.15) is 278 Å². The van der Waals surface area contributed by atoms with Crippen molar-refractivity contribution >= 4 is 17.9 Å². The number of esters is 3. The Labute approximate surface area is 348 Å². The minimum Gasteiger partial charge on any atom is -0.462 e. The first kappa shape index (κ1) is 54.4. The summed E-state index contributed by atoms with van der Waals surface area (Å²) in [4.78, 5) is 37.7. The van der Waals surface area contributed by atoms with Crippen LogP contribution >= 0.6 is 0 Å². The van der Waals surface area contributed by atoms with Gasteiger partial charge in [-0.25, -0.2) is 0 Å². The molecule has 0 saturated heterocycles. The van der Waals surface area contributed by atoms with E-state index in [4.69, 9.17) is 14.2 Å². The van der Waals surface area contributed by atoms with Gasteiger partial charge in [-0.3, -0.25) is 14.4 Å². The molecule has 0 spiro atoms. The molecule has 332 valence electrons. The molecule has 0 amide bonds. The van der Waals surface area contributed by atoms with Gasteiger partial charge in [0, 0.05) is 19.3 Å². The van der Waals surface area contributed by atoms with Gasteiger partial charge in [-0.15, -0.1) is 0 Å². The van der Waals surface area contributed by atoms with E-state index in [1.54, 1.807) is 0 Å². The zero-order valence-electron chi connectivity index (χ0n) is 38.1. The van der Waals surface area contributed by atoms with Crippen LogP contribution in [-0.4, -0.2) is 37.2 Å². The van der Waals surface area contributed by atoms with E-state index >= 15 is 0 Å². The molecule has 0 aliphatic carbocycles. The van der Waals surface area contributed by atoms with Gasteiger partial charge >= 0.3 is 17.9 Å². The first-order valence-corrected chi connectivity index (χ1v) is 24.9. The fraction of sp³-hybridized carbons (Fsp3) is 0.940. The lowest BCUT2D eigenvalue weighted by molar-refractivity contribution is -0.167. The summed E-state index contributed by atoms with van der Waals surface area (Å²) in [5, 5.41) is 0. The van der Waals surface area contributed by atoms with Gasteiger partial charge < -0.3 is 14.2 Å². The molecular formula is C50H96O6. The maximum atomic E-state index is 12.7. The zero-order chi connectivity index (χ0) is 41.0. The van der Waals surface area contributed by atoms with E-state index in [0.29, 0.717) is 19.3 Å². The van der Waals surface area contributed by atoms with E-state index in [0.717, 1.165) is 63.7 Å². The van der Waals surface area contributed by atoms with Gasteiger partial charge in [-0.1, -0.05) is 240 Å². The van der Waals surface area contributed by atoms with Crippen molar-refractivity contribution in [2.24, 2.45) is 5.92 Å². The number of hydrogen-bond donors (Lipinski definition) is 0. The highest BCUT2D eigenvalue weighted by Crippen LogP contribution is 2.17. The Morgan fingerprint density at radius 1 is 0.357 bits per heavy atom. The largest absolute Gasteiger partial charge is 0.462 e. The number of unbranched alkanes of at least 4 members (excludes halogenated alkanes) is 31. The van der Waals surface area contributed by atoms with Crippen LogP contribution in [0.3, 0.4) is 0 Å². The second-order valence-electron chi connectivity index (χ2n) is 17.3. The molecule has 0 N–H and O–H groups in total. The second-order valence-corrected chi connectivity index (χ2v) is 17.3. The molecule has 0 rings (SSSR count). The predicted octanol–water partition coefficient (Wildman–Crippen LogP) is 15.9. The highest BCUT2D eigenvalue weighted by Gasteiger charge is 2.19. The molecule has 6 nitrogen and oxygen atoms in total. The third-order valence-corrected chi connectivity index (χ3v) is 11.7. The van der Waals surface area contributed by atoms with Crippen LogP contribution in [-0.2, 0) is 28.6 Å². The van der Waals surface area contributed by atoms with Gasteiger partial charge in [0.25, 0.3) is 0 Å². The van der Waals surface area contributed by atoms with Crippen molar-refractivity contribution in [3.05, 3.63) is 0 Å². The molecule has 0 bridgehead atoms. The SMILES string of the molecule is CCCCCCCCCCCCCCCC(=O)OC[C@H](COC(=O)CCCCCCCCC)OC(=O)CCCCCCCCCCCCCCCCC(C)CC. The third kappa shape index (κ3) is 42.0. The van der Waals surface area contributed by atoms with Crippen molar-refractivity contribution < 1.29 is 28.6 Å². The number of carbonyl (C=O) groups excluding carboxylic acids is 3. The Morgan fingerprint density at radius 3 is 0.929 bits per heavy atom. The van der Waals surface area contributed by atoms with Crippen LogP contribution in [0.4, 0.5) is 0 Å². The number of carbonyl (C=O) groups is 3. The van der Waals surface area contributed by atoms with Crippen molar-refractivity contribution in [2.75, 3.05) is 13.2 Å². The van der Waals surface area contributed by atoms with Crippen molar-refractivity contribution in [1.29, 1.82) is 0 Å². The smallest absolute Gasteiger partial charge is 0.306 e. The van der Waals surface area contributed by atoms with E-state index in [-0.39, 0.29) is 31.1 Å². The normalized spacial score (nSPS) is 12.4. The van der Waals surface area contributed by atoms with Gasteiger partial charge in [-0.2, -0.15) is 0 Å². The lowest BCUT2D eigenvalue weighted by Crippen LogP contribution is -2.30. The first-order chi connectivity index (χ1) is 27.4. The number of hydrogen-bond acceptors (Lipinski definition) is 6. The minimum atomic E-state index is -0.759. The Balaban J connectivity index is 4.21. The van der Waals surface area contributed by atoms with Gasteiger partial charge in [0.1, 0.15) is 13.2 Å². The summed E-state index contributed by atoms with van der Waals surface area (Å²) in [5.41, 5.74) is 0. The topological polar surface area (TPSA) is 78.9 Å². The van der Waals surface area contributed by atoms with Gasteiger partial charge in [0.15, 0.2) is 6.10 Å². The summed E-state index contributed by atoms with van der Waals surface area (Å²) in [6.07, 6.45) is 45.2. The minimum absolute atomic E-state index is 0.0634. The zero-order valence-corrected chi connectivity index (χ0v) is 38.1. The number of ether oxygens (including phenoxy) is 3. The van der Waals surface area contributed by atoms with Crippen LogP contribution in [0.2, 0.25) is 0 Å². The first-order valence-electron chi connectivity index (χ1n) is 24.9. The summed E-state index contributed by atoms with van der Waals surface area (Å²) < 4.78 is 16.7. The highest BCUT2D eigenvalue weighted by molar-refractivity contribution is 5.71. The Kier molecular flexibility index (Phi) is 43.2. The molecule has 56 heavy (non-hydrogen) atoms. The summed E-state index contributed by atoms with van der Waals surface area (Å²) >= 11 is 0. The molecular weight excluding hydrogens is 697 g/mol. The Morgan fingerprint density at radius 2 is 0.625 bits per heavy atom. The van der Waals surface area contributed by atoms with Crippen molar-refractivity contribution in [1.82, 2.24) is 0 Å². The molecule has 0 aromatic heterocycles. The Hall–Kier alpha value is -1.59. The molecule has 0 aliphatic rings. The molecule has 0 aliphatic heterocycles. The molecule has 2 atom stereocenters. The lowest BCUT2D eigenvalue weighted by Gasteiger charge is -2.18. The molecule has 0 saturated carbocycles. The predicted molar refractivity (Wildman–Crippen MR) is 238 cm³/mol. The molecule has 0 fully saturated rings. The molecule has 1 unspecified atom stereocenters. The highest BCUT2D eigenvalue weighted by atomic mass is 16.6. The van der Waals surface area contributed by atoms with Gasteiger partial charge in [0.05, 0.1) is 0 Å². The average Bonchev–Trinajstić information content (AvgIpc) is 3.19. The van der Waals surface area contributed by atoms with Crippen LogP contribution in [0, 0.1) is 5.92 Å². The van der Waals surface area contributed by atoms with Crippen LogP contribution < -0.4 is 0 Å². The van der Waals surface area contributed by atoms with Crippen LogP contribution in [0.5, 0.6) is 0 Å². The fourth-order valence-corrected chi connectivity index (χ4v) is 7.48. The van der Waals surface area contributed by atoms with Crippen molar-refractivity contribution in [3.63, 3.8) is 0 Å². The van der Waals surface area contributed by atoms with E-state index < -0.39 is 6.10 Å². The van der Waals surface area contributed by atoms with E-state index in [9.17, 15) is 14.4 Å². The average molecular weight is 793 g/mol. The third-order valence-electron chi connectivity index (χ3n) is 11.7. The van der Waals surface area contributed by atoms with Crippen LogP contribution in [0.15, 0.2) is 0 Å². The summed E-state index contributed by atoms with van der Waals surface area (Å²) in [5.74, 6) is 0.0407. The monoisotopic (exact) mass is 793 g/mol. The van der Waals surface area contributed by atoms with Gasteiger partial charge in [0.2, 0.25) is 0 Å². The maximum absolute atomic E-state index is 12.7. The number of rotatable bonds is 45. The maximum Gasteiger partial charge on any atom is 0.306 e. The van der Waals surface area contributed by atoms with E-state index in [2.05, 4.69) is 27.7 Å².